The van der Waals surface area contributed by atoms with E-state index >= 15 is 0 Å². The number of piperazine rings is 1. The number of hydrogen-bond acceptors (Lipinski definition) is 4. The summed E-state index contributed by atoms with van der Waals surface area (Å²) >= 11 is 0. The van der Waals surface area contributed by atoms with Crippen LogP contribution < -0.4 is 0 Å². The number of aryl methyl sites for hydroxylation is 1. The zero-order chi connectivity index (χ0) is 22.8. The minimum Gasteiger partial charge on any atom is -0.461 e. The number of carbonyl (C=O) groups excluding carboxylic acids is 2. The number of benzene rings is 1. The predicted octanol–water partition coefficient (Wildman–Crippen LogP) is 3.79. The number of hydrogen-bond donors (Lipinski definition) is 1. The van der Waals surface area contributed by atoms with E-state index in [1.807, 2.05) is 4.90 Å². The first kappa shape index (κ1) is 22.9. The summed E-state index contributed by atoms with van der Waals surface area (Å²) in [7, 11) is 0. The molecular weight excluding hydrogens is 411 g/mol. The molecular formula is C22H26F3N3O3. The number of amides is 1. The quantitative estimate of drug-likeness (QED) is 0.723. The average molecular weight is 437 g/mol. The Balaban J connectivity index is 1.64. The fourth-order valence-electron chi connectivity index (χ4n) is 3.85. The van der Waals surface area contributed by atoms with Crippen molar-refractivity contribution in [3.63, 3.8) is 0 Å². The number of ether oxygens (including phenoxy) is 1. The molecule has 0 bridgehead atoms. The molecule has 1 fully saturated rings. The largest absolute Gasteiger partial charge is 0.461 e. The first-order valence-corrected chi connectivity index (χ1v) is 10.2. The summed E-state index contributed by atoms with van der Waals surface area (Å²) in [5.41, 5.74) is 1.85. The molecule has 1 aliphatic heterocycles. The van der Waals surface area contributed by atoms with Crippen molar-refractivity contribution in [2.75, 3.05) is 32.8 Å². The van der Waals surface area contributed by atoms with Gasteiger partial charge in [0.05, 0.1) is 17.7 Å². The van der Waals surface area contributed by atoms with Crippen molar-refractivity contribution < 1.29 is 27.5 Å². The molecule has 0 radical (unpaired) electrons. The number of nitrogens with one attached hydrogen (secondary N) is 1. The van der Waals surface area contributed by atoms with Gasteiger partial charge in [-0.25, -0.2) is 4.79 Å². The fourth-order valence-corrected chi connectivity index (χ4v) is 3.85. The molecule has 1 saturated heterocycles. The van der Waals surface area contributed by atoms with Crippen LogP contribution in [0.15, 0.2) is 24.3 Å². The van der Waals surface area contributed by atoms with Crippen LogP contribution in [0.3, 0.4) is 0 Å². The molecule has 0 aliphatic carbocycles. The van der Waals surface area contributed by atoms with E-state index in [9.17, 15) is 22.8 Å². The molecule has 1 aromatic carbocycles. The summed E-state index contributed by atoms with van der Waals surface area (Å²) in [6.45, 7) is 7.82. The number of rotatable bonds is 5. The van der Waals surface area contributed by atoms with Crippen LogP contribution in [-0.2, 0) is 17.5 Å². The van der Waals surface area contributed by atoms with Crippen LogP contribution in [-0.4, -0.2) is 59.4 Å². The van der Waals surface area contributed by atoms with Crippen molar-refractivity contribution in [1.82, 2.24) is 14.8 Å². The van der Waals surface area contributed by atoms with Crippen molar-refractivity contribution in [2.45, 2.75) is 33.5 Å². The Morgan fingerprint density at radius 2 is 1.81 bits per heavy atom. The van der Waals surface area contributed by atoms with Gasteiger partial charge in [-0.3, -0.25) is 9.69 Å². The molecule has 0 spiro atoms. The van der Waals surface area contributed by atoms with Crippen LogP contribution >= 0.6 is 0 Å². The monoisotopic (exact) mass is 437 g/mol. The summed E-state index contributed by atoms with van der Waals surface area (Å²) in [5.74, 6) is -0.659. The lowest BCUT2D eigenvalue weighted by atomic mass is 10.1. The van der Waals surface area contributed by atoms with Crippen molar-refractivity contribution >= 4 is 11.9 Å². The summed E-state index contributed by atoms with van der Waals surface area (Å²) in [6, 6.07) is 5.32. The van der Waals surface area contributed by atoms with Gasteiger partial charge in [-0.05, 0) is 38.0 Å². The van der Waals surface area contributed by atoms with Gasteiger partial charge in [-0.1, -0.05) is 18.2 Å². The first-order chi connectivity index (χ1) is 14.6. The minimum atomic E-state index is -4.37. The number of aromatic amines is 1. The van der Waals surface area contributed by atoms with Crippen molar-refractivity contribution in [1.29, 1.82) is 0 Å². The van der Waals surface area contributed by atoms with Gasteiger partial charge >= 0.3 is 12.1 Å². The van der Waals surface area contributed by atoms with Crippen LogP contribution in [0.4, 0.5) is 13.2 Å². The van der Waals surface area contributed by atoms with E-state index in [2.05, 4.69) is 4.98 Å². The summed E-state index contributed by atoms with van der Waals surface area (Å²) in [6.07, 6.45) is -4.37. The third-order valence-corrected chi connectivity index (χ3v) is 5.45. The lowest BCUT2D eigenvalue weighted by molar-refractivity contribution is -0.137. The zero-order valence-corrected chi connectivity index (χ0v) is 17.8. The third-order valence-electron chi connectivity index (χ3n) is 5.45. The molecule has 1 aromatic heterocycles. The van der Waals surface area contributed by atoms with E-state index in [1.165, 1.54) is 12.1 Å². The van der Waals surface area contributed by atoms with Crippen molar-refractivity contribution in [3.8, 4) is 0 Å². The predicted molar refractivity (Wildman–Crippen MR) is 109 cm³/mol. The van der Waals surface area contributed by atoms with Crippen LogP contribution in [0.5, 0.6) is 0 Å². The van der Waals surface area contributed by atoms with Crippen LogP contribution in [0.25, 0.3) is 0 Å². The topological polar surface area (TPSA) is 65.6 Å². The van der Waals surface area contributed by atoms with Crippen LogP contribution in [0.2, 0.25) is 0 Å². The smallest absolute Gasteiger partial charge is 0.416 e. The molecule has 0 unspecified atom stereocenters. The highest BCUT2D eigenvalue weighted by molar-refractivity contribution is 6.01. The van der Waals surface area contributed by atoms with Gasteiger partial charge in [0.25, 0.3) is 5.91 Å². The second-order valence-corrected chi connectivity index (χ2v) is 7.61. The van der Waals surface area contributed by atoms with E-state index < -0.39 is 17.7 Å². The van der Waals surface area contributed by atoms with Gasteiger partial charge in [0.1, 0.15) is 5.69 Å². The van der Waals surface area contributed by atoms with Crippen molar-refractivity contribution in [2.24, 2.45) is 0 Å². The van der Waals surface area contributed by atoms with Crippen molar-refractivity contribution in [3.05, 3.63) is 57.9 Å². The summed E-state index contributed by atoms with van der Waals surface area (Å²) in [5, 5.41) is 0. The van der Waals surface area contributed by atoms with Gasteiger partial charge < -0.3 is 14.6 Å². The van der Waals surface area contributed by atoms with E-state index in [0.29, 0.717) is 55.1 Å². The Bertz CT molecular complexity index is 961. The summed E-state index contributed by atoms with van der Waals surface area (Å²) in [4.78, 5) is 31.8. The molecule has 0 atom stereocenters. The zero-order valence-electron chi connectivity index (χ0n) is 17.8. The summed E-state index contributed by atoms with van der Waals surface area (Å²) < 4.78 is 43.8. The van der Waals surface area contributed by atoms with E-state index in [4.69, 9.17) is 4.74 Å². The van der Waals surface area contributed by atoms with Gasteiger partial charge in [0.2, 0.25) is 0 Å². The van der Waals surface area contributed by atoms with E-state index in [-0.39, 0.29) is 18.2 Å². The molecule has 6 nitrogen and oxygen atoms in total. The number of alkyl halides is 3. The molecule has 9 heteroatoms. The maximum Gasteiger partial charge on any atom is 0.416 e. The molecule has 1 amide bonds. The third kappa shape index (κ3) is 5.10. The van der Waals surface area contributed by atoms with Crippen LogP contribution in [0, 0.1) is 13.8 Å². The number of H-pyrrole nitrogens is 1. The standard InChI is InChI=1S/C22H26F3N3O3/c1-4-31-21(30)19-14(2)18(15(3)26-19)20(29)28-10-8-27(9-11-28)13-16-6-5-7-17(12-16)22(23,24)25/h5-7,12,26H,4,8-11,13H2,1-3H3. The molecule has 1 N–H and O–H groups in total. The van der Waals surface area contributed by atoms with E-state index in [0.717, 1.165) is 6.07 Å². The highest BCUT2D eigenvalue weighted by atomic mass is 19.4. The number of esters is 1. The Kier molecular flexibility index (Phi) is 6.74. The van der Waals surface area contributed by atoms with Gasteiger partial charge in [-0.2, -0.15) is 13.2 Å². The van der Waals surface area contributed by atoms with Crippen LogP contribution in [0.1, 0.15) is 50.2 Å². The molecule has 2 heterocycles. The molecule has 0 saturated carbocycles. The van der Waals surface area contributed by atoms with Gasteiger partial charge in [-0.15, -0.1) is 0 Å². The molecule has 168 valence electrons. The second kappa shape index (κ2) is 9.13. The number of halogens is 3. The van der Waals surface area contributed by atoms with Gasteiger partial charge in [0.15, 0.2) is 0 Å². The number of carbonyl (C=O) groups is 2. The normalized spacial score (nSPS) is 15.2. The first-order valence-electron chi connectivity index (χ1n) is 10.2. The second-order valence-electron chi connectivity index (χ2n) is 7.61. The Morgan fingerprint density at radius 1 is 1.13 bits per heavy atom. The SMILES string of the molecule is CCOC(=O)c1[nH]c(C)c(C(=O)N2CCN(Cc3cccc(C(F)(F)F)c3)CC2)c1C. The molecule has 1 aliphatic rings. The Hall–Kier alpha value is -2.81. The number of aromatic nitrogens is 1. The van der Waals surface area contributed by atoms with E-state index in [1.54, 1.807) is 31.7 Å². The highest BCUT2D eigenvalue weighted by Crippen LogP contribution is 2.30. The number of nitrogens with zero attached hydrogens (tertiary/aromatic N) is 2. The average Bonchev–Trinajstić information content (AvgIpc) is 3.02. The lowest BCUT2D eigenvalue weighted by Crippen LogP contribution is -2.48. The maximum atomic E-state index is 13.1. The minimum absolute atomic E-state index is 0.166. The lowest BCUT2D eigenvalue weighted by Gasteiger charge is -2.35. The van der Waals surface area contributed by atoms with Gasteiger partial charge in [0, 0.05) is 38.4 Å². The highest BCUT2D eigenvalue weighted by Gasteiger charge is 2.31. The Morgan fingerprint density at radius 3 is 2.42 bits per heavy atom. The maximum absolute atomic E-state index is 13.1. The fraction of sp³-hybridized carbons (Fsp3) is 0.455. The molecule has 31 heavy (non-hydrogen) atoms. The molecule has 2 aromatic rings. The molecule has 3 rings (SSSR count). The Labute approximate surface area is 179 Å².